The van der Waals surface area contributed by atoms with E-state index < -0.39 is 10.0 Å². The number of rotatable bonds is 12. The minimum absolute atomic E-state index is 0. The van der Waals surface area contributed by atoms with Gasteiger partial charge in [-0.15, -0.1) is 12.4 Å². The van der Waals surface area contributed by atoms with Gasteiger partial charge >= 0.3 is 0 Å². The molecular formula is C31H40ClN3O5S. The lowest BCUT2D eigenvalue weighted by molar-refractivity contribution is -0.131. The molecule has 41 heavy (non-hydrogen) atoms. The van der Waals surface area contributed by atoms with Gasteiger partial charge in [0.25, 0.3) is 0 Å². The summed E-state index contributed by atoms with van der Waals surface area (Å²) < 4.78 is 40.3. The van der Waals surface area contributed by atoms with Crippen LogP contribution in [0.15, 0.2) is 77.7 Å². The number of methoxy groups -OCH3 is 2. The van der Waals surface area contributed by atoms with Crippen molar-refractivity contribution in [3.8, 4) is 11.5 Å². The molecule has 1 heterocycles. The number of amides is 1. The van der Waals surface area contributed by atoms with Crippen LogP contribution in [0.25, 0.3) is 0 Å². The fraction of sp³-hybridized carbons (Fsp3) is 0.387. The van der Waals surface area contributed by atoms with Gasteiger partial charge in [0.2, 0.25) is 15.9 Å². The summed E-state index contributed by atoms with van der Waals surface area (Å²) in [5, 5.41) is 0. The van der Waals surface area contributed by atoms with Gasteiger partial charge in [-0.2, -0.15) is 4.31 Å². The number of hydrogen-bond acceptors (Lipinski definition) is 6. The van der Waals surface area contributed by atoms with Gasteiger partial charge in [-0.3, -0.25) is 4.79 Å². The lowest BCUT2D eigenvalue weighted by Crippen LogP contribution is -2.39. The Bertz CT molecular complexity index is 1380. The quantitative estimate of drug-likeness (QED) is 0.297. The van der Waals surface area contributed by atoms with Crippen LogP contribution in [0.1, 0.15) is 35.6 Å². The molecule has 4 rings (SSSR count). The fourth-order valence-corrected chi connectivity index (χ4v) is 6.76. The third-order valence-corrected chi connectivity index (χ3v) is 9.43. The van der Waals surface area contributed by atoms with E-state index in [0.29, 0.717) is 5.56 Å². The summed E-state index contributed by atoms with van der Waals surface area (Å²) in [6.45, 7) is 2.92. The monoisotopic (exact) mass is 601 g/mol. The highest BCUT2D eigenvalue weighted by atomic mass is 35.5. The van der Waals surface area contributed by atoms with E-state index in [9.17, 15) is 13.2 Å². The molecular weight excluding hydrogens is 562 g/mol. The van der Waals surface area contributed by atoms with Gasteiger partial charge in [-0.1, -0.05) is 66.7 Å². The Morgan fingerprint density at radius 2 is 1.51 bits per heavy atom. The van der Waals surface area contributed by atoms with Gasteiger partial charge in [-0.25, -0.2) is 8.42 Å². The maximum Gasteiger partial charge on any atom is 0.247 e. The molecule has 1 amide bonds. The van der Waals surface area contributed by atoms with Crippen LogP contribution in [-0.4, -0.2) is 76.4 Å². The van der Waals surface area contributed by atoms with E-state index in [-0.39, 0.29) is 53.7 Å². The number of carbonyl (C=O) groups is 1. The van der Waals surface area contributed by atoms with Crippen molar-refractivity contribution < 1.29 is 22.7 Å². The van der Waals surface area contributed by atoms with Crippen LogP contribution >= 0.6 is 12.4 Å². The van der Waals surface area contributed by atoms with Gasteiger partial charge in [0.15, 0.2) is 11.5 Å². The second kappa shape index (κ2) is 14.7. The van der Waals surface area contributed by atoms with Gasteiger partial charge in [0.05, 0.1) is 26.7 Å². The first kappa shape index (κ1) is 32.4. The molecule has 0 saturated carbocycles. The summed E-state index contributed by atoms with van der Waals surface area (Å²) in [5.41, 5.74) is 2.26. The molecule has 0 bridgehead atoms. The van der Waals surface area contributed by atoms with Gasteiger partial charge in [-0.05, 0) is 48.7 Å². The first-order chi connectivity index (χ1) is 19.3. The van der Waals surface area contributed by atoms with E-state index in [1.54, 1.807) is 24.1 Å². The number of sulfonamides is 1. The van der Waals surface area contributed by atoms with Crippen LogP contribution in [0.4, 0.5) is 0 Å². The largest absolute Gasteiger partial charge is 0.493 e. The Morgan fingerprint density at radius 3 is 2.10 bits per heavy atom. The number of benzene rings is 3. The zero-order valence-corrected chi connectivity index (χ0v) is 25.8. The summed E-state index contributed by atoms with van der Waals surface area (Å²) >= 11 is 0. The fourth-order valence-electron chi connectivity index (χ4n) is 5.24. The number of halogens is 1. The standard InChI is InChI=1S/C31H39N3O5S.ClH/c1-32(22-24-13-7-5-8-14-24)40(36,37)31-26(17-18-28(38-3)30(31)39-4)21-29(35)33(2)27(23-34-19-11-12-20-34)25-15-9-6-10-16-25;/h5-10,13-18,27H,11-12,19-23H2,1-4H3;1H/t27-;/m1./s1. The van der Waals surface area contributed by atoms with E-state index >= 15 is 0 Å². The normalized spacial score (nSPS) is 14.4. The van der Waals surface area contributed by atoms with Gasteiger partial charge in [0.1, 0.15) is 4.90 Å². The minimum atomic E-state index is -4.06. The summed E-state index contributed by atoms with van der Waals surface area (Å²) in [5.74, 6) is 0.199. The van der Waals surface area contributed by atoms with Gasteiger partial charge in [0, 0.05) is 27.2 Å². The molecule has 0 aromatic heterocycles. The third kappa shape index (κ3) is 7.60. The molecule has 222 valence electrons. The summed E-state index contributed by atoms with van der Waals surface area (Å²) in [7, 11) is 2.14. The average molecular weight is 602 g/mol. The molecule has 10 heteroatoms. The second-order valence-electron chi connectivity index (χ2n) is 10.2. The number of carbonyl (C=O) groups excluding carboxylic acids is 1. The molecule has 1 aliphatic rings. The zero-order valence-electron chi connectivity index (χ0n) is 24.2. The smallest absolute Gasteiger partial charge is 0.247 e. The number of hydrogen-bond donors (Lipinski definition) is 0. The summed E-state index contributed by atoms with van der Waals surface area (Å²) in [4.78, 5) is 17.9. The highest BCUT2D eigenvalue weighted by Gasteiger charge is 2.33. The molecule has 0 unspecified atom stereocenters. The molecule has 8 nitrogen and oxygen atoms in total. The van der Waals surface area contributed by atoms with Crippen molar-refractivity contribution in [3.05, 3.63) is 89.5 Å². The Kier molecular flexibility index (Phi) is 11.6. The molecule has 1 fully saturated rings. The van der Waals surface area contributed by atoms with Crippen LogP contribution in [0.2, 0.25) is 0 Å². The van der Waals surface area contributed by atoms with Crippen molar-refractivity contribution in [2.45, 2.75) is 36.7 Å². The van der Waals surface area contributed by atoms with E-state index in [0.717, 1.165) is 43.6 Å². The summed E-state index contributed by atoms with van der Waals surface area (Å²) in [6, 6.07) is 22.5. The van der Waals surface area contributed by atoms with Crippen molar-refractivity contribution in [2.24, 2.45) is 0 Å². The lowest BCUT2D eigenvalue weighted by Gasteiger charge is -2.32. The number of likely N-dealkylation sites (tertiary alicyclic amines) is 1. The van der Waals surface area contributed by atoms with E-state index in [1.165, 1.54) is 25.6 Å². The molecule has 0 spiro atoms. The number of nitrogens with zero attached hydrogens (tertiary/aromatic N) is 3. The van der Waals surface area contributed by atoms with Crippen molar-refractivity contribution in [1.29, 1.82) is 0 Å². The van der Waals surface area contributed by atoms with Crippen LogP contribution in [0.3, 0.4) is 0 Å². The first-order valence-electron chi connectivity index (χ1n) is 13.5. The predicted octanol–water partition coefficient (Wildman–Crippen LogP) is 4.78. The molecule has 3 aromatic rings. The van der Waals surface area contributed by atoms with E-state index in [4.69, 9.17) is 9.47 Å². The van der Waals surface area contributed by atoms with Crippen LogP contribution < -0.4 is 9.47 Å². The predicted molar refractivity (Wildman–Crippen MR) is 163 cm³/mol. The topological polar surface area (TPSA) is 79.4 Å². The minimum Gasteiger partial charge on any atom is -0.493 e. The number of likely N-dealkylation sites (N-methyl/N-ethyl adjacent to an activating group) is 1. The van der Waals surface area contributed by atoms with E-state index in [1.807, 2.05) is 60.7 Å². The molecule has 1 aliphatic heterocycles. The summed E-state index contributed by atoms with van der Waals surface area (Å²) in [6.07, 6.45) is 2.21. The number of ether oxygens (including phenoxy) is 2. The molecule has 0 aliphatic carbocycles. The Labute approximate surface area is 250 Å². The lowest BCUT2D eigenvalue weighted by atomic mass is 10.0. The van der Waals surface area contributed by atoms with Crippen molar-refractivity contribution in [3.63, 3.8) is 0 Å². The SMILES string of the molecule is COc1ccc(CC(=O)N(C)[C@H](CN2CCCC2)c2ccccc2)c(S(=O)(=O)N(C)Cc2ccccc2)c1OC.Cl. The Morgan fingerprint density at radius 1 is 0.902 bits per heavy atom. The second-order valence-corrected chi connectivity index (χ2v) is 12.1. The van der Waals surface area contributed by atoms with Crippen molar-refractivity contribution >= 4 is 28.3 Å². The van der Waals surface area contributed by atoms with E-state index in [2.05, 4.69) is 4.90 Å². The molecule has 1 saturated heterocycles. The molecule has 1 atom stereocenters. The average Bonchev–Trinajstić information content (AvgIpc) is 3.49. The van der Waals surface area contributed by atoms with Crippen LogP contribution in [-0.2, 0) is 27.8 Å². The molecule has 0 N–H and O–H groups in total. The van der Waals surface area contributed by atoms with Crippen LogP contribution in [0.5, 0.6) is 11.5 Å². The van der Waals surface area contributed by atoms with Crippen molar-refractivity contribution in [2.75, 3.05) is 47.9 Å². The highest BCUT2D eigenvalue weighted by molar-refractivity contribution is 7.89. The van der Waals surface area contributed by atoms with Crippen LogP contribution in [0, 0.1) is 0 Å². The zero-order chi connectivity index (χ0) is 28.7. The van der Waals surface area contributed by atoms with Crippen molar-refractivity contribution in [1.82, 2.24) is 14.1 Å². The Hall–Kier alpha value is -3.11. The van der Waals surface area contributed by atoms with Gasteiger partial charge < -0.3 is 19.3 Å². The maximum absolute atomic E-state index is 14.0. The highest BCUT2D eigenvalue weighted by Crippen LogP contribution is 2.39. The third-order valence-electron chi connectivity index (χ3n) is 7.51. The Balaban J connectivity index is 0.00000462. The first-order valence-corrected chi connectivity index (χ1v) is 15.0. The maximum atomic E-state index is 14.0. The molecule has 3 aromatic carbocycles. The molecule has 0 radical (unpaired) electrons.